The van der Waals surface area contributed by atoms with Crippen LogP contribution in [0.3, 0.4) is 0 Å². The number of nitrogens with one attached hydrogen (secondary N) is 1. The number of hydrogen-bond donors (Lipinski definition) is 1. The molecule has 0 fully saturated rings. The van der Waals surface area contributed by atoms with E-state index < -0.39 is 0 Å². The summed E-state index contributed by atoms with van der Waals surface area (Å²) in [5.74, 6) is 0.918. The molecule has 0 unspecified atom stereocenters. The van der Waals surface area contributed by atoms with Crippen molar-refractivity contribution < 1.29 is 4.74 Å². The molecule has 0 aliphatic heterocycles. The Hall–Kier alpha value is -1.07. The van der Waals surface area contributed by atoms with E-state index in [1.807, 2.05) is 25.2 Å². The van der Waals surface area contributed by atoms with Crippen molar-refractivity contribution in [3.8, 4) is 5.75 Å². The SMILES string of the molecule is CNCc1ccc(COc2cccc(I)c2)cc1. The normalized spacial score (nSPS) is 10.3. The minimum Gasteiger partial charge on any atom is -0.489 e. The predicted molar refractivity (Wildman–Crippen MR) is 82.7 cm³/mol. The Kier molecular flexibility index (Phi) is 5.01. The summed E-state index contributed by atoms with van der Waals surface area (Å²) < 4.78 is 6.94. The highest BCUT2D eigenvalue weighted by molar-refractivity contribution is 14.1. The monoisotopic (exact) mass is 353 g/mol. The first-order valence-electron chi connectivity index (χ1n) is 5.89. The van der Waals surface area contributed by atoms with Crippen LogP contribution in [0, 0.1) is 3.57 Å². The largest absolute Gasteiger partial charge is 0.489 e. The minimum absolute atomic E-state index is 0.611. The molecule has 0 heterocycles. The first-order valence-corrected chi connectivity index (χ1v) is 6.96. The molecule has 0 saturated heterocycles. The highest BCUT2D eigenvalue weighted by Gasteiger charge is 1.97. The van der Waals surface area contributed by atoms with Crippen LogP contribution in [-0.4, -0.2) is 7.05 Å². The summed E-state index contributed by atoms with van der Waals surface area (Å²) in [6, 6.07) is 16.6. The van der Waals surface area contributed by atoms with Crippen molar-refractivity contribution in [1.82, 2.24) is 5.32 Å². The lowest BCUT2D eigenvalue weighted by Gasteiger charge is -2.07. The molecule has 0 radical (unpaired) electrons. The predicted octanol–water partition coefficient (Wildman–Crippen LogP) is 3.59. The van der Waals surface area contributed by atoms with Crippen LogP contribution >= 0.6 is 22.6 Å². The molecule has 94 valence electrons. The van der Waals surface area contributed by atoms with Gasteiger partial charge in [0, 0.05) is 10.1 Å². The Morgan fingerprint density at radius 2 is 1.78 bits per heavy atom. The third kappa shape index (κ3) is 3.99. The fraction of sp³-hybridized carbons (Fsp3) is 0.200. The molecule has 2 rings (SSSR count). The van der Waals surface area contributed by atoms with Crippen LogP contribution in [0.2, 0.25) is 0 Å². The lowest BCUT2D eigenvalue weighted by Crippen LogP contribution is -2.05. The Balaban J connectivity index is 1.93. The smallest absolute Gasteiger partial charge is 0.120 e. The summed E-state index contributed by atoms with van der Waals surface area (Å²) in [7, 11) is 1.95. The molecule has 18 heavy (non-hydrogen) atoms. The van der Waals surface area contributed by atoms with Crippen molar-refractivity contribution in [2.45, 2.75) is 13.2 Å². The van der Waals surface area contributed by atoms with Gasteiger partial charge in [-0.25, -0.2) is 0 Å². The molecule has 3 heteroatoms. The van der Waals surface area contributed by atoms with Crippen LogP contribution in [0.15, 0.2) is 48.5 Å². The van der Waals surface area contributed by atoms with Crippen LogP contribution in [0.5, 0.6) is 5.75 Å². The molecule has 0 aliphatic carbocycles. The number of hydrogen-bond acceptors (Lipinski definition) is 2. The van der Waals surface area contributed by atoms with Crippen molar-refractivity contribution >= 4 is 22.6 Å². The molecule has 2 nitrogen and oxygen atoms in total. The molecule has 0 spiro atoms. The van der Waals surface area contributed by atoms with Crippen molar-refractivity contribution in [3.63, 3.8) is 0 Å². The molecule has 2 aromatic carbocycles. The lowest BCUT2D eigenvalue weighted by molar-refractivity contribution is 0.306. The van der Waals surface area contributed by atoms with Crippen molar-refractivity contribution in [2.75, 3.05) is 7.05 Å². The van der Waals surface area contributed by atoms with Crippen LogP contribution < -0.4 is 10.1 Å². The second-order valence-corrected chi connectivity index (χ2v) is 5.34. The van der Waals surface area contributed by atoms with E-state index in [0.29, 0.717) is 6.61 Å². The summed E-state index contributed by atoms with van der Waals surface area (Å²) in [6.07, 6.45) is 0. The van der Waals surface area contributed by atoms with Crippen molar-refractivity contribution in [3.05, 3.63) is 63.2 Å². The highest BCUT2D eigenvalue weighted by atomic mass is 127. The minimum atomic E-state index is 0.611. The molecular weight excluding hydrogens is 337 g/mol. The number of benzene rings is 2. The van der Waals surface area contributed by atoms with Crippen LogP contribution in [-0.2, 0) is 13.2 Å². The quantitative estimate of drug-likeness (QED) is 0.830. The van der Waals surface area contributed by atoms with Crippen LogP contribution in [0.4, 0.5) is 0 Å². The van der Waals surface area contributed by atoms with E-state index in [0.717, 1.165) is 12.3 Å². The van der Waals surface area contributed by atoms with E-state index >= 15 is 0 Å². The van der Waals surface area contributed by atoms with Gasteiger partial charge in [0.2, 0.25) is 0 Å². The Morgan fingerprint density at radius 1 is 1.06 bits per heavy atom. The van der Waals surface area contributed by atoms with E-state index in [1.165, 1.54) is 14.7 Å². The number of rotatable bonds is 5. The third-order valence-corrected chi connectivity index (χ3v) is 3.28. The van der Waals surface area contributed by atoms with E-state index in [4.69, 9.17) is 4.74 Å². The Labute approximate surface area is 122 Å². The maximum Gasteiger partial charge on any atom is 0.120 e. The van der Waals surface area contributed by atoms with Gasteiger partial charge in [-0.15, -0.1) is 0 Å². The average molecular weight is 353 g/mol. The van der Waals surface area contributed by atoms with Gasteiger partial charge in [-0.2, -0.15) is 0 Å². The molecule has 0 bridgehead atoms. The van der Waals surface area contributed by atoms with Gasteiger partial charge in [0.25, 0.3) is 0 Å². The standard InChI is InChI=1S/C15H16INO/c1-17-10-12-5-7-13(8-6-12)11-18-15-4-2-3-14(16)9-15/h2-9,17H,10-11H2,1H3. The molecule has 0 aromatic heterocycles. The van der Waals surface area contributed by atoms with Gasteiger partial charge in [-0.1, -0.05) is 30.3 Å². The fourth-order valence-corrected chi connectivity index (χ4v) is 2.20. The van der Waals surface area contributed by atoms with Gasteiger partial charge in [0.1, 0.15) is 12.4 Å². The number of ether oxygens (including phenoxy) is 1. The summed E-state index contributed by atoms with van der Waals surface area (Å²) in [4.78, 5) is 0. The Morgan fingerprint density at radius 3 is 2.44 bits per heavy atom. The van der Waals surface area contributed by atoms with E-state index in [2.05, 4.69) is 58.2 Å². The topological polar surface area (TPSA) is 21.3 Å². The van der Waals surface area contributed by atoms with Crippen molar-refractivity contribution in [2.24, 2.45) is 0 Å². The maximum absolute atomic E-state index is 5.75. The molecule has 0 saturated carbocycles. The molecule has 0 aliphatic rings. The van der Waals surface area contributed by atoms with Gasteiger partial charge in [-0.05, 0) is 59.0 Å². The molecule has 0 amide bonds. The summed E-state index contributed by atoms with van der Waals surface area (Å²) in [5.41, 5.74) is 2.48. The number of halogens is 1. The summed E-state index contributed by atoms with van der Waals surface area (Å²) in [6.45, 7) is 1.51. The summed E-state index contributed by atoms with van der Waals surface area (Å²) >= 11 is 2.29. The van der Waals surface area contributed by atoms with Gasteiger partial charge < -0.3 is 10.1 Å². The zero-order chi connectivity index (χ0) is 12.8. The van der Waals surface area contributed by atoms with E-state index in [9.17, 15) is 0 Å². The summed E-state index contributed by atoms with van der Waals surface area (Å²) in [5, 5.41) is 3.14. The maximum atomic E-state index is 5.75. The van der Waals surface area contributed by atoms with Gasteiger partial charge in [-0.3, -0.25) is 0 Å². The second kappa shape index (κ2) is 6.75. The first-order chi connectivity index (χ1) is 8.78. The average Bonchev–Trinajstić information content (AvgIpc) is 2.38. The van der Waals surface area contributed by atoms with Crippen LogP contribution in [0.25, 0.3) is 0 Å². The highest BCUT2D eigenvalue weighted by Crippen LogP contribution is 2.16. The fourth-order valence-electron chi connectivity index (χ4n) is 1.68. The van der Waals surface area contributed by atoms with E-state index in [-0.39, 0.29) is 0 Å². The van der Waals surface area contributed by atoms with Gasteiger partial charge in [0.15, 0.2) is 0 Å². The molecule has 0 atom stereocenters. The zero-order valence-electron chi connectivity index (χ0n) is 10.3. The molecule has 1 N–H and O–H groups in total. The van der Waals surface area contributed by atoms with Gasteiger partial charge >= 0.3 is 0 Å². The second-order valence-electron chi connectivity index (χ2n) is 4.09. The van der Waals surface area contributed by atoms with Crippen molar-refractivity contribution in [1.29, 1.82) is 0 Å². The van der Waals surface area contributed by atoms with Crippen LogP contribution in [0.1, 0.15) is 11.1 Å². The van der Waals surface area contributed by atoms with E-state index in [1.54, 1.807) is 0 Å². The zero-order valence-corrected chi connectivity index (χ0v) is 12.5. The first kappa shape index (κ1) is 13.4. The Bertz CT molecular complexity index is 496. The lowest BCUT2D eigenvalue weighted by atomic mass is 10.1. The molecular formula is C15H16INO. The van der Waals surface area contributed by atoms with Gasteiger partial charge in [0.05, 0.1) is 0 Å². The molecule has 2 aromatic rings. The third-order valence-electron chi connectivity index (χ3n) is 2.61.